The summed E-state index contributed by atoms with van der Waals surface area (Å²) in [4.78, 5) is 22.7. The van der Waals surface area contributed by atoms with Crippen molar-refractivity contribution in [1.29, 1.82) is 0 Å². The predicted molar refractivity (Wildman–Crippen MR) is 159 cm³/mol. The van der Waals surface area contributed by atoms with Crippen molar-refractivity contribution in [3.8, 4) is 5.75 Å². The first-order valence-corrected chi connectivity index (χ1v) is 15.5. The van der Waals surface area contributed by atoms with Crippen LogP contribution in [-0.4, -0.2) is 102 Å². The molecule has 0 spiro atoms. The van der Waals surface area contributed by atoms with Crippen molar-refractivity contribution in [3.63, 3.8) is 0 Å². The molecule has 2 aromatic carbocycles. The zero-order valence-corrected chi connectivity index (χ0v) is 25.8. The average Bonchev–Trinajstić information content (AvgIpc) is 3.41. The monoisotopic (exact) mass is 592 g/mol. The molecule has 220 valence electrons. The number of benzene rings is 2. The topological polar surface area (TPSA) is 102 Å². The lowest BCUT2D eigenvalue weighted by molar-refractivity contribution is 0.0983. The van der Waals surface area contributed by atoms with Gasteiger partial charge in [0.1, 0.15) is 11.3 Å². The lowest BCUT2D eigenvalue weighted by Crippen LogP contribution is -2.39. The molecule has 0 aliphatic carbocycles. The van der Waals surface area contributed by atoms with Crippen molar-refractivity contribution in [2.45, 2.75) is 25.7 Å². The van der Waals surface area contributed by atoms with Gasteiger partial charge >= 0.3 is 0 Å². The van der Waals surface area contributed by atoms with E-state index in [0.717, 1.165) is 28.9 Å². The second-order valence-corrected chi connectivity index (χ2v) is 12.1. The molecule has 10 nitrogen and oxygen atoms in total. The van der Waals surface area contributed by atoms with Crippen molar-refractivity contribution in [2.75, 3.05) is 78.7 Å². The smallest absolute Gasteiger partial charge is 0.260 e. The maximum atomic E-state index is 13.9. The largest absolute Gasteiger partial charge is 0.494 e. The van der Waals surface area contributed by atoms with E-state index in [-0.39, 0.29) is 37.1 Å². The summed E-state index contributed by atoms with van der Waals surface area (Å²) in [6.07, 6.45) is 0. The van der Waals surface area contributed by atoms with E-state index >= 15 is 0 Å². The number of rotatable bonds is 16. The molecule has 1 aromatic heterocycles. The third kappa shape index (κ3) is 7.36. The molecule has 0 bridgehead atoms. The Bertz CT molecular complexity index is 1350. The number of ether oxygens (including phenoxy) is 3. The highest BCUT2D eigenvalue weighted by Crippen LogP contribution is 2.37. The minimum absolute atomic E-state index is 0.103. The van der Waals surface area contributed by atoms with Gasteiger partial charge in [-0.05, 0) is 55.9 Å². The summed E-state index contributed by atoms with van der Waals surface area (Å²) in [5.41, 5.74) is 2.15. The Kier molecular flexibility index (Phi) is 11.9. The molecule has 0 saturated carbocycles. The van der Waals surface area contributed by atoms with E-state index in [1.54, 1.807) is 24.1 Å². The molecular formula is C28H40N4O6S2. The van der Waals surface area contributed by atoms with Crippen LogP contribution in [0.3, 0.4) is 0 Å². The summed E-state index contributed by atoms with van der Waals surface area (Å²) in [5, 5.41) is 0.571. The van der Waals surface area contributed by atoms with Crippen LogP contribution in [0.4, 0.5) is 5.13 Å². The number of nitrogens with zero attached hydrogens (tertiary/aromatic N) is 4. The van der Waals surface area contributed by atoms with Gasteiger partial charge in [0, 0.05) is 46.0 Å². The number of hydrogen-bond donors (Lipinski definition) is 0. The zero-order valence-electron chi connectivity index (χ0n) is 24.2. The maximum absolute atomic E-state index is 13.9. The van der Waals surface area contributed by atoms with E-state index in [0.29, 0.717) is 29.5 Å². The number of fused-ring (bicyclic) bond motifs is 1. The molecule has 1 amide bonds. The molecule has 12 heteroatoms. The van der Waals surface area contributed by atoms with Crippen molar-refractivity contribution < 1.29 is 27.4 Å². The van der Waals surface area contributed by atoms with Crippen molar-refractivity contribution >= 4 is 42.6 Å². The molecule has 0 radical (unpaired) electrons. The summed E-state index contributed by atoms with van der Waals surface area (Å²) in [7, 11) is 0.852. The number of aryl methyl sites for hydroxylation is 1. The maximum Gasteiger partial charge on any atom is 0.260 e. The van der Waals surface area contributed by atoms with Gasteiger partial charge in [0.15, 0.2) is 5.13 Å². The molecule has 3 rings (SSSR count). The number of anilines is 1. The first kappa shape index (κ1) is 31.9. The van der Waals surface area contributed by atoms with E-state index < -0.39 is 10.0 Å². The van der Waals surface area contributed by atoms with Crippen LogP contribution >= 0.6 is 11.3 Å². The van der Waals surface area contributed by atoms with Crippen LogP contribution in [0.2, 0.25) is 0 Å². The fourth-order valence-corrected chi connectivity index (χ4v) is 6.74. The number of thiazole rings is 1. The van der Waals surface area contributed by atoms with Gasteiger partial charge in [0.2, 0.25) is 10.0 Å². The normalized spacial score (nSPS) is 12.0. The Morgan fingerprint density at radius 1 is 0.900 bits per heavy atom. The predicted octanol–water partition coefficient (Wildman–Crippen LogP) is 3.89. The zero-order chi connectivity index (χ0) is 29.3. The van der Waals surface area contributed by atoms with Crippen molar-refractivity contribution in [3.05, 3.63) is 47.5 Å². The van der Waals surface area contributed by atoms with Crippen LogP contribution in [0.5, 0.6) is 5.75 Å². The lowest BCUT2D eigenvalue weighted by Gasteiger charge is -2.25. The van der Waals surface area contributed by atoms with Gasteiger partial charge < -0.3 is 19.1 Å². The summed E-state index contributed by atoms with van der Waals surface area (Å²) >= 11 is 1.45. The minimum Gasteiger partial charge on any atom is -0.494 e. The minimum atomic E-state index is -3.80. The molecule has 0 saturated heterocycles. The fraction of sp³-hybridized carbons (Fsp3) is 0.500. The first-order valence-electron chi connectivity index (χ1n) is 13.3. The molecule has 1 heterocycles. The van der Waals surface area contributed by atoms with E-state index in [2.05, 4.69) is 18.7 Å². The molecule has 0 fully saturated rings. The number of aromatic nitrogens is 1. The Hall–Kier alpha value is -2.61. The van der Waals surface area contributed by atoms with Gasteiger partial charge in [-0.25, -0.2) is 13.4 Å². The van der Waals surface area contributed by atoms with Gasteiger partial charge in [-0.3, -0.25) is 9.69 Å². The summed E-state index contributed by atoms with van der Waals surface area (Å²) < 4.78 is 44.6. The SMILES string of the molecule is CCN(CC)CCN(C(=O)c1ccc(S(=O)(=O)N(CCOC)CCOC)cc1)c1nc2c(OC)ccc(C)c2s1. The van der Waals surface area contributed by atoms with Gasteiger partial charge in [-0.1, -0.05) is 31.3 Å². The van der Waals surface area contributed by atoms with Crippen LogP contribution in [0.1, 0.15) is 29.8 Å². The summed E-state index contributed by atoms with van der Waals surface area (Å²) in [6.45, 7) is 9.92. The van der Waals surface area contributed by atoms with Crippen molar-refractivity contribution in [2.24, 2.45) is 0 Å². The van der Waals surface area contributed by atoms with Gasteiger partial charge in [0.25, 0.3) is 5.91 Å². The number of hydrogen-bond acceptors (Lipinski definition) is 9. The Labute approximate surface area is 241 Å². The first-order chi connectivity index (χ1) is 19.2. The van der Waals surface area contributed by atoms with Crippen LogP contribution in [-0.2, 0) is 19.5 Å². The second kappa shape index (κ2) is 14.9. The molecule has 0 aliphatic heterocycles. The van der Waals surface area contributed by atoms with Gasteiger partial charge in [-0.15, -0.1) is 0 Å². The Morgan fingerprint density at radius 2 is 1.52 bits per heavy atom. The molecule has 3 aromatic rings. The van der Waals surface area contributed by atoms with Crippen molar-refractivity contribution in [1.82, 2.24) is 14.2 Å². The lowest BCUT2D eigenvalue weighted by atomic mass is 10.2. The number of methoxy groups -OCH3 is 3. The van der Waals surface area contributed by atoms with E-state index in [1.165, 1.54) is 42.0 Å². The molecule has 0 atom stereocenters. The molecule has 0 N–H and O–H groups in total. The highest BCUT2D eigenvalue weighted by molar-refractivity contribution is 7.89. The van der Waals surface area contributed by atoms with Crippen LogP contribution in [0.25, 0.3) is 10.2 Å². The Balaban J connectivity index is 1.96. The number of sulfonamides is 1. The second-order valence-electron chi connectivity index (χ2n) is 9.16. The quantitative estimate of drug-likeness (QED) is 0.247. The molecular weight excluding hydrogens is 552 g/mol. The number of carbonyl (C=O) groups is 1. The van der Waals surface area contributed by atoms with Crippen LogP contribution in [0, 0.1) is 6.92 Å². The number of carbonyl (C=O) groups excluding carboxylic acids is 1. The van der Waals surface area contributed by atoms with E-state index in [4.69, 9.17) is 19.2 Å². The molecule has 0 aliphatic rings. The Morgan fingerprint density at radius 3 is 2.08 bits per heavy atom. The van der Waals surface area contributed by atoms with Gasteiger partial charge in [0.05, 0.1) is 29.9 Å². The third-order valence-electron chi connectivity index (χ3n) is 6.75. The highest BCUT2D eigenvalue weighted by atomic mass is 32.2. The third-order valence-corrected chi connectivity index (χ3v) is 9.88. The van der Waals surface area contributed by atoms with E-state index in [1.807, 2.05) is 19.1 Å². The fourth-order valence-electron chi connectivity index (χ4n) is 4.26. The molecule has 40 heavy (non-hydrogen) atoms. The molecule has 0 unspecified atom stereocenters. The van der Waals surface area contributed by atoms with E-state index in [9.17, 15) is 13.2 Å². The highest BCUT2D eigenvalue weighted by Gasteiger charge is 2.27. The van der Waals surface area contributed by atoms with Crippen LogP contribution in [0.15, 0.2) is 41.3 Å². The van der Waals surface area contributed by atoms with Crippen LogP contribution < -0.4 is 9.64 Å². The summed E-state index contributed by atoms with van der Waals surface area (Å²) in [6, 6.07) is 9.93. The van der Waals surface area contributed by atoms with Gasteiger partial charge in [-0.2, -0.15) is 4.31 Å². The number of amides is 1. The summed E-state index contributed by atoms with van der Waals surface area (Å²) in [5.74, 6) is 0.405. The average molecular weight is 593 g/mol. The number of likely N-dealkylation sites (N-methyl/N-ethyl adjacent to an activating group) is 1. The standard InChI is InChI=1S/C28H40N4O6S2/c1-7-30(8-2)15-16-32(28-29-25-24(38-6)14-9-21(3)26(25)39-28)27(33)22-10-12-23(13-11-22)40(34,35)31(17-19-36-4)18-20-37-5/h9-14H,7-8,15-20H2,1-6H3.